The van der Waals surface area contributed by atoms with Crippen LogP contribution in [-0.4, -0.2) is 25.0 Å². The molecule has 0 aliphatic heterocycles. The van der Waals surface area contributed by atoms with Gasteiger partial charge >= 0.3 is 0 Å². The molecule has 0 amide bonds. The summed E-state index contributed by atoms with van der Waals surface area (Å²) in [7, 11) is 0. The number of aliphatic carboxylic acids is 2. The molecule has 0 aromatic carbocycles. The number of quaternary nitrogens is 2. The molecule has 0 aliphatic rings. The largest absolute Gasteiger partial charge is 0.550 e. The molecule has 0 atom stereocenters. The van der Waals surface area contributed by atoms with Gasteiger partial charge in [0.05, 0.1) is 13.1 Å². The molecule has 6 nitrogen and oxygen atoms in total. The molecule has 0 bridgehead atoms. The van der Waals surface area contributed by atoms with Crippen LogP contribution in [0.2, 0.25) is 0 Å². The zero-order valence-corrected chi connectivity index (χ0v) is 25.8. The second kappa shape index (κ2) is 40.4. The SMILES string of the molecule is CCCCCCCCCCCCC(=O)[O-].CCCCCCCCCCCCC(=O)[O-].[NH3+]CCCCCC[NH3+]. The van der Waals surface area contributed by atoms with Gasteiger partial charge in [0.1, 0.15) is 0 Å². The number of rotatable bonds is 27. The van der Waals surface area contributed by atoms with Crippen LogP contribution >= 0.6 is 0 Å². The highest BCUT2D eigenvalue weighted by Crippen LogP contribution is 2.12. The first-order valence-electron chi connectivity index (χ1n) is 16.4. The summed E-state index contributed by atoms with van der Waals surface area (Å²) >= 11 is 0. The van der Waals surface area contributed by atoms with Crippen molar-refractivity contribution >= 4 is 11.9 Å². The predicted molar refractivity (Wildman–Crippen MR) is 157 cm³/mol. The molecular weight excluding hydrogens is 476 g/mol. The average molecular weight is 545 g/mol. The Hall–Kier alpha value is -1.14. The van der Waals surface area contributed by atoms with Gasteiger partial charge in [-0.2, -0.15) is 0 Å². The van der Waals surface area contributed by atoms with E-state index >= 15 is 0 Å². The molecule has 0 heterocycles. The summed E-state index contributed by atoms with van der Waals surface area (Å²) in [6.45, 7) is 6.66. The van der Waals surface area contributed by atoms with Crippen molar-refractivity contribution in [2.45, 2.75) is 181 Å². The fourth-order valence-corrected chi connectivity index (χ4v) is 4.22. The lowest BCUT2D eigenvalue weighted by Crippen LogP contribution is -2.50. The van der Waals surface area contributed by atoms with Crippen LogP contribution < -0.4 is 21.7 Å². The highest BCUT2D eigenvalue weighted by Gasteiger charge is 1.94. The summed E-state index contributed by atoms with van der Waals surface area (Å²) in [6, 6.07) is 0. The molecule has 0 saturated carbocycles. The Labute approximate surface area is 237 Å². The number of carboxylic acid groups (broad SMARTS) is 2. The van der Waals surface area contributed by atoms with E-state index in [1.165, 1.54) is 128 Å². The molecule has 230 valence electrons. The molecule has 0 aromatic heterocycles. The first-order valence-corrected chi connectivity index (χ1v) is 16.4. The quantitative estimate of drug-likeness (QED) is 0.139. The van der Waals surface area contributed by atoms with E-state index in [4.69, 9.17) is 0 Å². The fourth-order valence-electron chi connectivity index (χ4n) is 4.22. The minimum absolute atomic E-state index is 0.233. The first kappa shape index (κ1) is 41.3. The Kier molecular flexibility index (Phi) is 43.9. The molecule has 0 aromatic rings. The van der Waals surface area contributed by atoms with Crippen molar-refractivity contribution in [2.24, 2.45) is 0 Å². The van der Waals surface area contributed by atoms with Gasteiger partial charge in [-0.3, -0.25) is 0 Å². The van der Waals surface area contributed by atoms with Gasteiger partial charge in [-0.05, 0) is 51.4 Å². The molecule has 38 heavy (non-hydrogen) atoms. The number of carbonyl (C=O) groups excluding carboxylic acids is 2. The van der Waals surface area contributed by atoms with E-state index in [1.807, 2.05) is 0 Å². The van der Waals surface area contributed by atoms with Crippen molar-refractivity contribution in [2.75, 3.05) is 13.1 Å². The summed E-state index contributed by atoms with van der Waals surface area (Å²) in [5.74, 6) is -1.82. The van der Waals surface area contributed by atoms with Crippen molar-refractivity contribution in [3.63, 3.8) is 0 Å². The van der Waals surface area contributed by atoms with Gasteiger partial charge in [0, 0.05) is 11.9 Å². The molecule has 0 rings (SSSR count). The lowest BCUT2D eigenvalue weighted by Gasteiger charge is -2.02. The third-order valence-corrected chi connectivity index (χ3v) is 6.72. The Balaban J connectivity index is -0.000000508. The second-order valence-electron chi connectivity index (χ2n) is 10.7. The molecule has 0 saturated heterocycles. The van der Waals surface area contributed by atoms with Gasteiger partial charge in [-0.15, -0.1) is 0 Å². The Morgan fingerprint density at radius 3 is 0.816 bits per heavy atom. The maximum Gasteiger partial charge on any atom is 0.0739 e. The standard InChI is InChI=1S/2C13H26O2.C6H16N2/c2*1-2-3-4-5-6-7-8-9-10-11-12-13(14)15;7-5-3-1-2-4-6-8/h2*2-12H2,1H3,(H,14,15);1-8H2. The van der Waals surface area contributed by atoms with E-state index in [9.17, 15) is 19.8 Å². The molecule has 0 fully saturated rings. The zero-order valence-electron chi connectivity index (χ0n) is 25.8. The van der Waals surface area contributed by atoms with Gasteiger partial charge < -0.3 is 31.3 Å². The Bertz CT molecular complexity index is 407. The topological polar surface area (TPSA) is 136 Å². The maximum atomic E-state index is 10.1. The summed E-state index contributed by atoms with van der Waals surface area (Å²) in [4.78, 5) is 20.2. The Morgan fingerprint density at radius 1 is 0.395 bits per heavy atom. The highest BCUT2D eigenvalue weighted by molar-refractivity contribution is 5.64. The molecule has 6 N–H and O–H groups in total. The summed E-state index contributed by atoms with van der Waals surface area (Å²) in [6.07, 6.45) is 30.5. The lowest BCUT2D eigenvalue weighted by molar-refractivity contribution is -0.371. The van der Waals surface area contributed by atoms with E-state index < -0.39 is 11.9 Å². The van der Waals surface area contributed by atoms with E-state index in [-0.39, 0.29) is 12.8 Å². The van der Waals surface area contributed by atoms with Gasteiger partial charge in [0.2, 0.25) is 0 Å². The van der Waals surface area contributed by atoms with Crippen LogP contribution in [0.3, 0.4) is 0 Å². The minimum atomic E-state index is -0.908. The van der Waals surface area contributed by atoms with Gasteiger partial charge in [0.15, 0.2) is 0 Å². The smallest absolute Gasteiger partial charge is 0.0739 e. The maximum absolute atomic E-state index is 10.1. The minimum Gasteiger partial charge on any atom is -0.550 e. The third kappa shape index (κ3) is 51.5. The van der Waals surface area contributed by atoms with Crippen LogP contribution in [0.25, 0.3) is 0 Å². The van der Waals surface area contributed by atoms with E-state index in [2.05, 4.69) is 25.3 Å². The molecule has 0 unspecified atom stereocenters. The highest BCUT2D eigenvalue weighted by atomic mass is 16.4. The molecule has 0 aliphatic carbocycles. The average Bonchev–Trinajstić information content (AvgIpc) is 2.89. The number of hydrogen-bond donors (Lipinski definition) is 2. The van der Waals surface area contributed by atoms with Gasteiger partial charge in [0.25, 0.3) is 0 Å². The molecule has 6 heteroatoms. The van der Waals surface area contributed by atoms with Crippen molar-refractivity contribution in [1.82, 2.24) is 0 Å². The van der Waals surface area contributed by atoms with Crippen LogP contribution in [0.1, 0.15) is 181 Å². The monoisotopic (exact) mass is 545 g/mol. The molecule has 0 radical (unpaired) electrons. The van der Waals surface area contributed by atoms with Crippen LogP contribution in [-0.2, 0) is 9.59 Å². The van der Waals surface area contributed by atoms with Crippen LogP contribution in [0.5, 0.6) is 0 Å². The van der Waals surface area contributed by atoms with Gasteiger partial charge in [-0.25, -0.2) is 0 Å². The molecular formula is C32H68N2O4. The van der Waals surface area contributed by atoms with E-state index in [0.29, 0.717) is 0 Å². The summed E-state index contributed by atoms with van der Waals surface area (Å²) < 4.78 is 0. The fraction of sp³-hybridized carbons (Fsp3) is 0.938. The predicted octanol–water partition coefficient (Wildman–Crippen LogP) is 5.13. The second-order valence-corrected chi connectivity index (χ2v) is 10.7. The van der Waals surface area contributed by atoms with Gasteiger partial charge in [-0.1, -0.05) is 129 Å². The zero-order chi connectivity index (χ0) is 29.0. The molecule has 0 spiro atoms. The lowest BCUT2D eigenvalue weighted by atomic mass is 10.1. The van der Waals surface area contributed by atoms with Crippen LogP contribution in [0, 0.1) is 0 Å². The summed E-state index contributed by atoms with van der Waals surface area (Å²) in [5, 5.41) is 20.2. The summed E-state index contributed by atoms with van der Waals surface area (Å²) in [5.41, 5.74) is 7.54. The van der Waals surface area contributed by atoms with E-state index in [1.54, 1.807) is 0 Å². The third-order valence-electron chi connectivity index (χ3n) is 6.72. The van der Waals surface area contributed by atoms with Crippen molar-refractivity contribution in [1.29, 1.82) is 0 Å². The van der Waals surface area contributed by atoms with Crippen LogP contribution in [0.15, 0.2) is 0 Å². The van der Waals surface area contributed by atoms with E-state index in [0.717, 1.165) is 38.8 Å². The number of carbonyl (C=O) groups is 2. The Morgan fingerprint density at radius 2 is 0.605 bits per heavy atom. The first-order chi connectivity index (χ1) is 18.5. The van der Waals surface area contributed by atoms with Crippen LogP contribution in [0.4, 0.5) is 0 Å². The van der Waals surface area contributed by atoms with Crippen molar-refractivity contribution in [3.05, 3.63) is 0 Å². The normalized spacial score (nSPS) is 10.3. The number of hydrogen-bond acceptors (Lipinski definition) is 4. The number of unbranched alkanes of at least 4 members (excludes halogenated alkanes) is 21. The number of carboxylic acids is 2. The van der Waals surface area contributed by atoms with Crippen molar-refractivity contribution < 1.29 is 31.3 Å². The van der Waals surface area contributed by atoms with Crippen molar-refractivity contribution in [3.8, 4) is 0 Å².